The lowest BCUT2D eigenvalue weighted by Gasteiger charge is -2.00. The molecule has 2 rings (SSSR count). The standard InChI is InChI=1S/C11H11N3O4/c1-5-3-7(9(12-5)11(16)17)13-10(15)8-4-6(2)14-18-8/h3-4,12H,1-2H3,(H,13,15)(H,16,17). The molecular weight excluding hydrogens is 238 g/mol. The number of aryl methyl sites for hydroxylation is 2. The van der Waals surface area contributed by atoms with Crippen LogP contribution in [0, 0.1) is 13.8 Å². The van der Waals surface area contributed by atoms with Gasteiger partial charge in [0.1, 0.15) is 5.69 Å². The van der Waals surface area contributed by atoms with Gasteiger partial charge in [0.25, 0.3) is 5.91 Å². The van der Waals surface area contributed by atoms with E-state index in [9.17, 15) is 9.59 Å². The number of H-pyrrole nitrogens is 1. The van der Waals surface area contributed by atoms with Gasteiger partial charge in [0.15, 0.2) is 0 Å². The van der Waals surface area contributed by atoms with Crippen molar-refractivity contribution in [3.05, 3.63) is 35.0 Å². The van der Waals surface area contributed by atoms with Crippen molar-refractivity contribution in [1.29, 1.82) is 0 Å². The van der Waals surface area contributed by atoms with Crippen molar-refractivity contribution in [2.75, 3.05) is 5.32 Å². The molecule has 0 aliphatic heterocycles. The number of carbonyl (C=O) groups excluding carboxylic acids is 1. The largest absolute Gasteiger partial charge is 0.477 e. The van der Waals surface area contributed by atoms with E-state index in [2.05, 4.69) is 15.5 Å². The van der Waals surface area contributed by atoms with Gasteiger partial charge in [-0.15, -0.1) is 0 Å². The molecule has 0 atom stereocenters. The Morgan fingerprint density at radius 3 is 2.67 bits per heavy atom. The first-order valence-corrected chi connectivity index (χ1v) is 5.15. The molecule has 0 aliphatic rings. The van der Waals surface area contributed by atoms with Gasteiger partial charge in [-0.05, 0) is 19.9 Å². The summed E-state index contributed by atoms with van der Waals surface area (Å²) in [6, 6.07) is 3.00. The van der Waals surface area contributed by atoms with Crippen LogP contribution in [0.2, 0.25) is 0 Å². The summed E-state index contributed by atoms with van der Waals surface area (Å²) in [5.74, 6) is -1.66. The van der Waals surface area contributed by atoms with Crippen LogP contribution in [0.25, 0.3) is 0 Å². The monoisotopic (exact) mass is 249 g/mol. The second-order valence-corrected chi connectivity index (χ2v) is 3.83. The summed E-state index contributed by atoms with van der Waals surface area (Å²) in [4.78, 5) is 25.3. The maximum atomic E-state index is 11.8. The summed E-state index contributed by atoms with van der Waals surface area (Å²) in [5, 5.41) is 15.0. The highest BCUT2D eigenvalue weighted by Crippen LogP contribution is 2.18. The fraction of sp³-hybridized carbons (Fsp3) is 0.182. The molecule has 7 heteroatoms. The van der Waals surface area contributed by atoms with Gasteiger partial charge < -0.3 is 19.9 Å². The zero-order valence-electron chi connectivity index (χ0n) is 9.77. The maximum absolute atomic E-state index is 11.8. The third kappa shape index (κ3) is 2.24. The molecule has 0 saturated carbocycles. The first-order valence-electron chi connectivity index (χ1n) is 5.15. The van der Waals surface area contributed by atoms with E-state index in [-0.39, 0.29) is 17.1 Å². The third-order valence-electron chi connectivity index (χ3n) is 2.27. The molecule has 0 aliphatic carbocycles. The van der Waals surface area contributed by atoms with Crippen molar-refractivity contribution in [3.8, 4) is 0 Å². The van der Waals surface area contributed by atoms with Crippen LogP contribution in [0.5, 0.6) is 0 Å². The van der Waals surface area contributed by atoms with Crippen molar-refractivity contribution in [1.82, 2.24) is 10.1 Å². The lowest BCUT2D eigenvalue weighted by atomic mass is 10.3. The second-order valence-electron chi connectivity index (χ2n) is 3.83. The summed E-state index contributed by atoms with van der Waals surface area (Å²) in [6.07, 6.45) is 0. The number of aromatic carboxylic acids is 1. The number of amides is 1. The molecule has 18 heavy (non-hydrogen) atoms. The van der Waals surface area contributed by atoms with E-state index in [1.54, 1.807) is 13.8 Å². The molecule has 3 N–H and O–H groups in total. The van der Waals surface area contributed by atoms with Crippen LogP contribution >= 0.6 is 0 Å². The minimum Gasteiger partial charge on any atom is -0.477 e. The van der Waals surface area contributed by atoms with Gasteiger partial charge in [-0.25, -0.2) is 4.79 Å². The number of carboxylic acids is 1. The number of anilines is 1. The van der Waals surface area contributed by atoms with E-state index in [4.69, 9.17) is 9.63 Å². The predicted molar refractivity (Wildman–Crippen MR) is 61.7 cm³/mol. The van der Waals surface area contributed by atoms with E-state index < -0.39 is 11.9 Å². The van der Waals surface area contributed by atoms with Crippen LogP contribution in [0.4, 0.5) is 5.69 Å². The molecule has 0 saturated heterocycles. The smallest absolute Gasteiger partial charge is 0.354 e. The van der Waals surface area contributed by atoms with Gasteiger partial charge in [-0.3, -0.25) is 4.79 Å². The van der Waals surface area contributed by atoms with E-state index in [1.165, 1.54) is 12.1 Å². The molecule has 0 radical (unpaired) electrons. The Morgan fingerprint density at radius 1 is 1.39 bits per heavy atom. The van der Waals surface area contributed by atoms with E-state index in [1.807, 2.05) is 0 Å². The summed E-state index contributed by atoms with van der Waals surface area (Å²) in [7, 11) is 0. The van der Waals surface area contributed by atoms with Crippen molar-refractivity contribution >= 4 is 17.6 Å². The van der Waals surface area contributed by atoms with Crippen LogP contribution < -0.4 is 5.32 Å². The summed E-state index contributed by atoms with van der Waals surface area (Å²) >= 11 is 0. The van der Waals surface area contributed by atoms with Crippen LogP contribution in [-0.4, -0.2) is 27.1 Å². The lowest BCUT2D eigenvalue weighted by molar-refractivity contribution is 0.0692. The minimum atomic E-state index is -1.15. The molecule has 0 aromatic carbocycles. The normalized spacial score (nSPS) is 10.3. The molecule has 0 unspecified atom stereocenters. The number of aromatic amines is 1. The Morgan fingerprint density at radius 2 is 2.11 bits per heavy atom. The van der Waals surface area contributed by atoms with Gasteiger partial charge in [0, 0.05) is 11.8 Å². The van der Waals surface area contributed by atoms with Gasteiger partial charge in [-0.1, -0.05) is 5.16 Å². The molecule has 0 bridgehead atoms. The Balaban J connectivity index is 2.24. The highest BCUT2D eigenvalue weighted by atomic mass is 16.5. The molecule has 94 valence electrons. The summed E-state index contributed by atoms with van der Waals surface area (Å²) in [6.45, 7) is 3.38. The molecule has 1 amide bonds. The average Bonchev–Trinajstić information content (AvgIpc) is 2.85. The molecule has 2 aromatic rings. The van der Waals surface area contributed by atoms with Crippen LogP contribution in [0.3, 0.4) is 0 Å². The third-order valence-corrected chi connectivity index (χ3v) is 2.27. The number of rotatable bonds is 3. The minimum absolute atomic E-state index is 0.0303. The number of hydrogen-bond acceptors (Lipinski definition) is 4. The number of nitrogens with one attached hydrogen (secondary N) is 2. The summed E-state index contributed by atoms with van der Waals surface area (Å²) < 4.78 is 4.79. The van der Waals surface area contributed by atoms with Crippen molar-refractivity contribution in [2.45, 2.75) is 13.8 Å². The number of aromatic nitrogens is 2. The number of carboxylic acid groups (broad SMARTS) is 1. The molecule has 2 aromatic heterocycles. The Bertz CT molecular complexity index is 612. The van der Waals surface area contributed by atoms with Crippen LogP contribution in [0.1, 0.15) is 32.4 Å². The van der Waals surface area contributed by atoms with Crippen LogP contribution in [0.15, 0.2) is 16.7 Å². The molecular formula is C11H11N3O4. The Hall–Kier alpha value is -2.57. The Kier molecular flexibility index (Phi) is 2.88. The van der Waals surface area contributed by atoms with E-state index in [0.717, 1.165) is 0 Å². The zero-order valence-corrected chi connectivity index (χ0v) is 9.77. The Labute approximate surface area is 102 Å². The highest BCUT2D eigenvalue weighted by Gasteiger charge is 2.18. The fourth-order valence-electron chi connectivity index (χ4n) is 1.51. The van der Waals surface area contributed by atoms with Gasteiger partial charge in [0.05, 0.1) is 11.4 Å². The van der Waals surface area contributed by atoms with Crippen LogP contribution in [-0.2, 0) is 0 Å². The van der Waals surface area contributed by atoms with Crippen molar-refractivity contribution in [3.63, 3.8) is 0 Å². The van der Waals surface area contributed by atoms with Crippen molar-refractivity contribution in [2.24, 2.45) is 0 Å². The highest BCUT2D eigenvalue weighted by molar-refractivity contribution is 6.05. The van der Waals surface area contributed by atoms with Gasteiger partial charge in [-0.2, -0.15) is 0 Å². The molecule has 0 spiro atoms. The quantitative estimate of drug-likeness (QED) is 0.765. The first kappa shape index (κ1) is 11.9. The van der Waals surface area contributed by atoms with Crippen molar-refractivity contribution < 1.29 is 19.2 Å². The number of nitrogens with zero attached hydrogens (tertiary/aromatic N) is 1. The second kappa shape index (κ2) is 4.36. The summed E-state index contributed by atoms with van der Waals surface area (Å²) in [5.41, 5.74) is 1.33. The average molecular weight is 249 g/mol. The maximum Gasteiger partial charge on any atom is 0.354 e. The fourth-order valence-corrected chi connectivity index (χ4v) is 1.51. The first-order chi connectivity index (χ1) is 8.47. The zero-order chi connectivity index (χ0) is 13.3. The molecule has 0 fully saturated rings. The molecule has 7 nitrogen and oxygen atoms in total. The molecule has 2 heterocycles. The lowest BCUT2D eigenvalue weighted by Crippen LogP contribution is -2.13. The topological polar surface area (TPSA) is 108 Å². The van der Waals surface area contributed by atoms with Gasteiger partial charge >= 0.3 is 5.97 Å². The number of hydrogen-bond donors (Lipinski definition) is 3. The van der Waals surface area contributed by atoms with Gasteiger partial charge in [0.2, 0.25) is 5.76 Å². The van der Waals surface area contributed by atoms with E-state index in [0.29, 0.717) is 11.4 Å². The van der Waals surface area contributed by atoms with E-state index >= 15 is 0 Å². The number of carbonyl (C=O) groups is 2. The SMILES string of the molecule is Cc1cc(C(=O)Nc2cc(C)[nH]c2C(=O)O)on1. The predicted octanol–water partition coefficient (Wildman–Crippen LogP) is 1.57.